The molecule has 27 heavy (non-hydrogen) atoms. The maximum Gasteiger partial charge on any atom is 0.251 e. The van der Waals surface area contributed by atoms with Crippen LogP contribution in [0.25, 0.3) is 0 Å². The number of nitrogens with two attached hydrogens (primary N) is 1. The normalized spacial score (nSPS) is 10.5. The van der Waals surface area contributed by atoms with E-state index in [1.54, 1.807) is 47.7 Å². The second kappa shape index (κ2) is 9.70. The Bertz CT molecular complexity index is 804. The molecule has 9 heteroatoms. The molecule has 0 aliphatic rings. The molecule has 4 N–H and O–H groups in total. The lowest BCUT2D eigenvalue weighted by Gasteiger charge is -2.19. The van der Waals surface area contributed by atoms with Crippen molar-refractivity contribution in [3.63, 3.8) is 0 Å². The SMILES string of the molecule is CCN(CC(=O)Nc1ccc(OC)cc1)CC(=O)Nc1sccc1C(N)=O. The van der Waals surface area contributed by atoms with Gasteiger partial charge in [0.1, 0.15) is 10.8 Å². The number of benzene rings is 1. The van der Waals surface area contributed by atoms with Gasteiger partial charge in [0, 0.05) is 5.69 Å². The van der Waals surface area contributed by atoms with Gasteiger partial charge in [-0.05, 0) is 42.3 Å². The number of thiophene rings is 1. The fourth-order valence-electron chi connectivity index (χ4n) is 2.33. The van der Waals surface area contributed by atoms with Gasteiger partial charge in [-0.3, -0.25) is 19.3 Å². The summed E-state index contributed by atoms with van der Waals surface area (Å²) in [6.07, 6.45) is 0. The number of nitrogens with one attached hydrogen (secondary N) is 2. The lowest BCUT2D eigenvalue weighted by Crippen LogP contribution is -2.38. The van der Waals surface area contributed by atoms with E-state index in [-0.39, 0.29) is 30.5 Å². The van der Waals surface area contributed by atoms with Crippen LogP contribution >= 0.6 is 11.3 Å². The van der Waals surface area contributed by atoms with Crippen molar-refractivity contribution in [3.8, 4) is 5.75 Å². The number of ether oxygens (including phenoxy) is 1. The van der Waals surface area contributed by atoms with E-state index in [9.17, 15) is 14.4 Å². The van der Waals surface area contributed by atoms with E-state index >= 15 is 0 Å². The molecule has 1 heterocycles. The van der Waals surface area contributed by atoms with E-state index in [0.717, 1.165) is 0 Å². The highest BCUT2D eigenvalue weighted by atomic mass is 32.1. The fourth-order valence-corrected chi connectivity index (χ4v) is 3.14. The summed E-state index contributed by atoms with van der Waals surface area (Å²) in [6, 6.07) is 8.53. The van der Waals surface area contributed by atoms with Gasteiger partial charge >= 0.3 is 0 Å². The highest BCUT2D eigenvalue weighted by Gasteiger charge is 2.16. The first-order chi connectivity index (χ1) is 12.9. The maximum absolute atomic E-state index is 12.2. The van der Waals surface area contributed by atoms with Crippen LogP contribution in [-0.4, -0.2) is 49.4 Å². The minimum atomic E-state index is -0.599. The van der Waals surface area contributed by atoms with Gasteiger partial charge in [-0.1, -0.05) is 6.92 Å². The third kappa shape index (κ3) is 6.08. The topological polar surface area (TPSA) is 114 Å². The Morgan fingerprint density at radius 2 is 1.70 bits per heavy atom. The molecule has 0 atom stereocenters. The van der Waals surface area contributed by atoms with E-state index in [4.69, 9.17) is 10.5 Å². The summed E-state index contributed by atoms with van der Waals surface area (Å²) in [5.41, 5.74) is 6.18. The Kier molecular flexibility index (Phi) is 7.33. The van der Waals surface area contributed by atoms with E-state index in [0.29, 0.717) is 23.0 Å². The zero-order valence-corrected chi connectivity index (χ0v) is 16.0. The molecule has 3 amide bonds. The first-order valence-corrected chi connectivity index (χ1v) is 9.14. The van der Waals surface area contributed by atoms with Crippen LogP contribution in [-0.2, 0) is 9.59 Å². The highest BCUT2D eigenvalue weighted by molar-refractivity contribution is 7.14. The average Bonchev–Trinajstić information content (AvgIpc) is 3.10. The quantitative estimate of drug-likeness (QED) is 0.604. The molecule has 0 saturated carbocycles. The molecule has 2 aromatic rings. The summed E-state index contributed by atoms with van der Waals surface area (Å²) in [6.45, 7) is 2.44. The number of hydrogen-bond acceptors (Lipinski definition) is 6. The number of carbonyl (C=O) groups is 3. The number of primary amides is 1. The summed E-state index contributed by atoms with van der Waals surface area (Å²) in [5, 5.41) is 7.52. The van der Waals surface area contributed by atoms with Crippen molar-refractivity contribution in [2.45, 2.75) is 6.92 Å². The van der Waals surface area contributed by atoms with Crippen molar-refractivity contribution in [2.75, 3.05) is 37.4 Å². The molecule has 0 bridgehead atoms. The molecule has 0 aliphatic carbocycles. The van der Waals surface area contributed by atoms with Crippen molar-refractivity contribution < 1.29 is 19.1 Å². The number of carbonyl (C=O) groups excluding carboxylic acids is 3. The number of anilines is 2. The zero-order valence-electron chi connectivity index (χ0n) is 15.2. The molecule has 144 valence electrons. The third-order valence-electron chi connectivity index (χ3n) is 3.74. The first-order valence-electron chi connectivity index (χ1n) is 8.26. The van der Waals surface area contributed by atoms with Gasteiger partial charge < -0.3 is 21.1 Å². The minimum absolute atomic E-state index is 0.0165. The molecule has 0 aliphatic heterocycles. The Morgan fingerprint density at radius 1 is 1.07 bits per heavy atom. The first kappa shape index (κ1) is 20.4. The summed E-state index contributed by atoms with van der Waals surface area (Å²) in [4.78, 5) is 37.4. The Hall–Kier alpha value is -2.91. The number of methoxy groups -OCH3 is 1. The second-order valence-electron chi connectivity index (χ2n) is 5.66. The lowest BCUT2D eigenvalue weighted by atomic mass is 10.3. The molecule has 2 rings (SSSR count). The van der Waals surface area contributed by atoms with E-state index in [2.05, 4.69) is 10.6 Å². The van der Waals surface area contributed by atoms with Gasteiger partial charge in [0.15, 0.2) is 0 Å². The van der Waals surface area contributed by atoms with Gasteiger partial charge in [-0.25, -0.2) is 0 Å². The molecule has 0 saturated heterocycles. The monoisotopic (exact) mass is 390 g/mol. The van der Waals surface area contributed by atoms with Gasteiger partial charge in [0.25, 0.3) is 5.91 Å². The molecule has 0 spiro atoms. The number of rotatable bonds is 9. The molecule has 0 radical (unpaired) electrons. The number of nitrogens with zero attached hydrogens (tertiary/aromatic N) is 1. The van der Waals surface area contributed by atoms with E-state index < -0.39 is 5.91 Å². The molecule has 0 fully saturated rings. The summed E-state index contributed by atoms with van der Waals surface area (Å²) >= 11 is 1.22. The molecule has 1 aromatic carbocycles. The lowest BCUT2D eigenvalue weighted by molar-refractivity contribution is -0.119. The predicted molar refractivity (Wildman–Crippen MR) is 105 cm³/mol. The average molecular weight is 390 g/mol. The van der Waals surface area contributed by atoms with Crippen LogP contribution in [0.4, 0.5) is 10.7 Å². The van der Waals surface area contributed by atoms with Gasteiger partial charge in [-0.15, -0.1) is 11.3 Å². The van der Waals surface area contributed by atoms with Gasteiger partial charge in [0.2, 0.25) is 11.8 Å². The maximum atomic E-state index is 12.2. The third-order valence-corrected chi connectivity index (χ3v) is 4.57. The number of amides is 3. The standard InChI is InChI=1S/C18H22N4O4S/c1-3-22(10-15(23)20-12-4-6-13(26-2)7-5-12)11-16(24)21-18-14(17(19)25)8-9-27-18/h4-9H,3,10-11H2,1-2H3,(H2,19,25)(H,20,23)(H,21,24). The van der Waals surface area contributed by atoms with Crippen molar-refractivity contribution in [2.24, 2.45) is 5.73 Å². The molecule has 8 nitrogen and oxygen atoms in total. The Morgan fingerprint density at radius 3 is 2.26 bits per heavy atom. The Labute approximate surface area is 161 Å². The summed E-state index contributed by atoms with van der Waals surface area (Å²) in [7, 11) is 1.57. The van der Waals surface area contributed by atoms with Crippen LogP contribution in [0, 0.1) is 0 Å². The predicted octanol–water partition coefficient (Wildman–Crippen LogP) is 1.75. The second-order valence-corrected chi connectivity index (χ2v) is 6.57. The molecule has 1 aromatic heterocycles. The minimum Gasteiger partial charge on any atom is -0.497 e. The fraction of sp³-hybridized carbons (Fsp3) is 0.278. The van der Waals surface area contributed by atoms with Crippen LogP contribution < -0.4 is 21.1 Å². The van der Waals surface area contributed by atoms with Crippen LogP contribution in [0.3, 0.4) is 0 Å². The van der Waals surface area contributed by atoms with E-state index in [1.165, 1.54) is 11.3 Å². The van der Waals surface area contributed by atoms with Crippen LogP contribution in [0.1, 0.15) is 17.3 Å². The van der Waals surface area contributed by atoms with Gasteiger partial charge in [0.05, 0.1) is 25.8 Å². The summed E-state index contributed by atoms with van der Waals surface area (Å²) in [5.74, 6) is -0.454. The molecule has 0 unspecified atom stereocenters. The highest BCUT2D eigenvalue weighted by Crippen LogP contribution is 2.22. The molecular formula is C18H22N4O4S. The van der Waals surface area contributed by atoms with Crippen LogP contribution in [0.5, 0.6) is 5.75 Å². The zero-order chi connectivity index (χ0) is 19.8. The van der Waals surface area contributed by atoms with Crippen molar-refractivity contribution in [1.29, 1.82) is 0 Å². The van der Waals surface area contributed by atoms with Crippen molar-refractivity contribution in [1.82, 2.24) is 4.90 Å². The van der Waals surface area contributed by atoms with Crippen LogP contribution in [0.15, 0.2) is 35.7 Å². The summed E-state index contributed by atoms with van der Waals surface area (Å²) < 4.78 is 5.07. The van der Waals surface area contributed by atoms with Crippen molar-refractivity contribution in [3.05, 3.63) is 41.3 Å². The number of hydrogen-bond donors (Lipinski definition) is 3. The van der Waals surface area contributed by atoms with Crippen LogP contribution in [0.2, 0.25) is 0 Å². The van der Waals surface area contributed by atoms with Crippen molar-refractivity contribution >= 4 is 39.7 Å². The van der Waals surface area contributed by atoms with E-state index in [1.807, 2.05) is 6.92 Å². The molecular weight excluding hydrogens is 368 g/mol. The van der Waals surface area contributed by atoms with Gasteiger partial charge in [-0.2, -0.15) is 0 Å². The Balaban J connectivity index is 1.88. The largest absolute Gasteiger partial charge is 0.497 e. The smallest absolute Gasteiger partial charge is 0.251 e. The number of likely N-dealkylation sites (N-methyl/N-ethyl adjacent to an activating group) is 1.